The third kappa shape index (κ3) is 6.77. The minimum Gasteiger partial charge on any atom is -0.494 e. The lowest BCUT2D eigenvalue weighted by atomic mass is 10.1. The lowest BCUT2D eigenvalue weighted by Gasteiger charge is -2.16. The Morgan fingerprint density at radius 2 is 1.80 bits per heavy atom. The minimum atomic E-state index is -0.394. The second kappa shape index (κ2) is 12.2. The Balaban J connectivity index is 1.19. The van der Waals surface area contributed by atoms with Crippen LogP contribution in [0.5, 0.6) is 5.75 Å². The van der Waals surface area contributed by atoms with Crippen LogP contribution in [0, 0.1) is 5.82 Å². The molecule has 0 bridgehead atoms. The van der Waals surface area contributed by atoms with E-state index in [1.54, 1.807) is 42.6 Å². The normalized spacial score (nSPS) is 13.1. The van der Waals surface area contributed by atoms with Gasteiger partial charge in [0.1, 0.15) is 18.2 Å². The van der Waals surface area contributed by atoms with E-state index in [1.807, 2.05) is 30.3 Å². The van der Waals surface area contributed by atoms with Gasteiger partial charge < -0.3 is 25.8 Å². The van der Waals surface area contributed by atoms with Gasteiger partial charge in [0.2, 0.25) is 5.91 Å². The van der Waals surface area contributed by atoms with Gasteiger partial charge in [-0.05, 0) is 58.6 Å². The summed E-state index contributed by atoms with van der Waals surface area (Å²) in [5, 5.41) is 5.87. The zero-order valence-electron chi connectivity index (χ0n) is 22.2. The molecule has 0 unspecified atom stereocenters. The quantitative estimate of drug-likeness (QED) is 0.217. The zero-order valence-corrected chi connectivity index (χ0v) is 22.2. The number of amides is 2. The molecule has 2 amide bonds. The third-order valence-corrected chi connectivity index (χ3v) is 6.34. The summed E-state index contributed by atoms with van der Waals surface area (Å²) in [4.78, 5) is 33.2. The van der Waals surface area contributed by atoms with Gasteiger partial charge in [0, 0.05) is 23.4 Å². The highest BCUT2D eigenvalue weighted by molar-refractivity contribution is 5.96. The Kier molecular flexibility index (Phi) is 8.05. The number of cyclic esters (lactones) is 1. The molecule has 4 aromatic rings. The molecule has 10 nitrogen and oxygen atoms in total. The maximum absolute atomic E-state index is 13.1. The Hall–Kier alpha value is -5.45. The standard InChI is InChI=1S/C30H27FN6O4/c1-40-26-17-24(37-14-15-41-30(37)39)11-12-25(26)35-29(32)36-27-13-6-21(18-33-27)20-4-9-23(10-5-20)34-28(38)16-19-2-7-22(31)8-3-19/h2-13,17-18H,14-16H2,1H3,(H,34,38)(H3,32,33,35,36)/p+1. The van der Waals surface area contributed by atoms with E-state index in [2.05, 4.69) is 20.6 Å². The number of aliphatic imine (C=N–C) groups is 1. The molecule has 1 aliphatic rings. The van der Waals surface area contributed by atoms with Gasteiger partial charge in [-0.2, -0.15) is 0 Å². The first-order valence-electron chi connectivity index (χ1n) is 12.8. The number of nitrogens with one attached hydrogen (secondary N) is 3. The maximum Gasteiger partial charge on any atom is 0.414 e. The number of hydrogen-bond acceptors (Lipinski definition) is 5. The Labute approximate surface area is 235 Å². The smallest absolute Gasteiger partial charge is 0.414 e. The number of methoxy groups -OCH3 is 1. The number of hydrogen-bond donors (Lipinski definition) is 3. The van der Waals surface area contributed by atoms with Crippen LogP contribution in [-0.4, -0.2) is 38.2 Å². The molecule has 208 valence electrons. The van der Waals surface area contributed by atoms with Gasteiger partial charge in [-0.1, -0.05) is 24.3 Å². The van der Waals surface area contributed by atoms with Gasteiger partial charge in [0.05, 0.1) is 37.6 Å². The van der Waals surface area contributed by atoms with E-state index in [4.69, 9.17) is 15.2 Å². The van der Waals surface area contributed by atoms with E-state index in [9.17, 15) is 14.0 Å². The average Bonchev–Trinajstić information content (AvgIpc) is 3.41. The van der Waals surface area contributed by atoms with Crippen molar-refractivity contribution in [3.05, 3.63) is 96.4 Å². The highest BCUT2D eigenvalue weighted by Crippen LogP contribution is 2.31. The lowest BCUT2D eigenvalue weighted by molar-refractivity contribution is -0.361. The number of benzene rings is 3. The SMILES string of the molecule is COc1cc(N2CCOC2=O)ccc1NC(N)=Nc1ccc(-c2ccc(NC(=O)Cc3ccc(F)cc3)cc2)c[nH+]1. The first kappa shape index (κ1) is 27.1. The molecule has 41 heavy (non-hydrogen) atoms. The van der Waals surface area contributed by atoms with Crippen LogP contribution in [0.15, 0.2) is 90.1 Å². The molecule has 0 aliphatic carbocycles. The van der Waals surface area contributed by atoms with Crippen molar-refractivity contribution in [1.29, 1.82) is 0 Å². The number of H-pyrrole nitrogens is 1. The van der Waals surface area contributed by atoms with Crippen molar-refractivity contribution in [1.82, 2.24) is 0 Å². The number of nitrogens with zero attached hydrogens (tertiary/aromatic N) is 2. The highest BCUT2D eigenvalue weighted by Gasteiger charge is 2.24. The van der Waals surface area contributed by atoms with E-state index in [1.165, 1.54) is 24.1 Å². The molecule has 5 N–H and O–H groups in total. The van der Waals surface area contributed by atoms with Gasteiger partial charge in [0.25, 0.3) is 0 Å². The number of anilines is 3. The van der Waals surface area contributed by atoms with Crippen LogP contribution in [0.1, 0.15) is 5.56 Å². The van der Waals surface area contributed by atoms with E-state index < -0.39 is 6.09 Å². The molecule has 5 rings (SSSR count). The molecule has 1 saturated heterocycles. The number of rotatable bonds is 8. The van der Waals surface area contributed by atoms with Crippen LogP contribution in [-0.2, 0) is 16.0 Å². The summed E-state index contributed by atoms with van der Waals surface area (Å²) in [7, 11) is 1.53. The van der Waals surface area contributed by atoms with Gasteiger partial charge in [-0.25, -0.2) is 14.2 Å². The number of nitrogens with two attached hydrogens (primary N) is 1. The van der Waals surface area contributed by atoms with Gasteiger partial charge >= 0.3 is 17.9 Å². The number of halogens is 1. The molecule has 0 spiro atoms. The molecule has 1 aromatic heterocycles. The van der Waals surface area contributed by atoms with E-state index in [0.29, 0.717) is 41.8 Å². The summed E-state index contributed by atoms with van der Waals surface area (Å²) >= 11 is 0. The average molecular weight is 556 g/mol. The van der Waals surface area contributed by atoms with Crippen LogP contribution in [0.25, 0.3) is 11.1 Å². The number of pyridine rings is 1. The van der Waals surface area contributed by atoms with Crippen molar-refractivity contribution < 1.29 is 28.4 Å². The van der Waals surface area contributed by atoms with Crippen molar-refractivity contribution in [3.63, 3.8) is 0 Å². The Morgan fingerprint density at radius 3 is 2.46 bits per heavy atom. The Bertz CT molecular complexity index is 1570. The fourth-order valence-corrected chi connectivity index (χ4v) is 4.28. The second-order valence-corrected chi connectivity index (χ2v) is 9.16. The third-order valence-electron chi connectivity index (χ3n) is 6.34. The molecule has 1 aliphatic heterocycles. The minimum absolute atomic E-state index is 0.140. The molecule has 0 radical (unpaired) electrons. The van der Waals surface area contributed by atoms with Crippen LogP contribution in [0.4, 0.5) is 32.1 Å². The van der Waals surface area contributed by atoms with Crippen molar-refractivity contribution >= 4 is 40.8 Å². The number of aromatic amines is 1. The predicted molar refractivity (Wildman–Crippen MR) is 154 cm³/mol. The first-order valence-corrected chi connectivity index (χ1v) is 12.8. The summed E-state index contributed by atoms with van der Waals surface area (Å²) in [6.45, 7) is 0.823. The summed E-state index contributed by atoms with van der Waals surface area (Å²) < 4.78 is 23.5. The molecule has 1 fully saturated rings. The highest BCUT2D eigenvalue weighted by atomic mass is 19.1. The first-order chi connectivity index (χ1) is 19.9. The molecule has 0 atom stereocenters. The number of ether oxygens (including phenoxy) is 2. The molecule has 2 heterocycles. The zero-order chi connectivity index (χ0) is 28.8. The van der Waals surface area contributed by atoms with Crippen LogP contribution in [0.2, 0.25) is 0 Å². The van der Waals surface area contributed by atoms with Crippen LogP contribution < -0.4 is 31.0 Å². The Morgan fingerprint density at radius 1 is 1.05 bits per heavy atom. The lowest BCUT2D eigenvalue weighted by Crippen LogP contribution is -2.24. The van der Waals surface area contributed by atoms with Crippen molar-refractivity contribution in [2.24, 2.45) is 10.7 Å². The molecule has 3 aromatic carbocycles. The van der Waals surface area contributed by atoms with E-state index in [0.717, 1.165) is 16.7 Å². The van der Waals surface area contributed by atoms with Gasteiger partial charge in [-0.3, -0.25) is 9.69 Å². The summed E-state index contributed by atoms with van der Waals surface area (Å²) in [5.74, 6) is 0.643. The number of guanidine groups is 1. The summed E-state index contributed by atoms with van der Waals surface area (Å²) in [6.07, 6.45) is 1.57. The predicted octanol–water partition coefficient (Wildman–Crippen LogP) is 4.51. The molecule has 0 saturated carbocycles. The summed E-state index contributed by atoms with van der Waals surface area (Å²) in [5.41, 5.74) is 10.6. The molecule has 11 heteroatoms. The van der Waals surface area contributed by atoms with Gasteiger partial charge in [0.15, 0.2) is 0 Å². The van der Waals surface area contributed by atoms with Gasteiger partial charge in [-0.15, -0.1) is 0 Å². The van der Waals surface area contributed by atoms with Crippen LogP contribution >= 0.6 is 0 Å². The topological polar surface area (TPSA) is 132 Å². The van der Waals surface area contributed by atoms with E-state index in [-0.39, 0.29) is 24.1 Å². The molecular weight excluding hydrogens is 527 g/mol. The van der Waals surface area contributed by atoms with E-state index >= 15 is 0 Å². The summed E-state index contributed by atoms with van der Waals surface area (Å²) in [6, 6.07) is 22.2. The number of carbonyl (C=O) groups is 2. The monoisotopic (exact) mass is 555 g/mol. The largest absolute Gasteiger partial charge is 0.494 e. The fourth-order valence-electron chi connectivity index (χ4n) is 4.28. The van der Waals surface area contributed by atoms with Crippen molar-refractivity contribution in [3.8, 4) is 16.9 Å². The van der Waals surface area contributed by atoms with Crippen LogP contribution in [0.3, 0.4) is 0 Å². The number of carbonyl (C=O) groups excluding carboxylic acids is 2. The van der Waals surface area contributed by atoms with Crippen molar-refractivity contribution in [2.75, 3.05) is 35.8 Å². The molecular formula is C30H28FN6O4+. The second-order valence-electron chi connectivity index (χ2n) is 9.16. The maximum atomic E-state index is 13.1. The fraction of sp³-hybridized carbons (Fsp3) is 0.133. The van der Waals surface area contributed by atoms with Crippen molar-refractivity contribution in [2.45, 2.75) is 6.42 Å². The number of aromatic nitrogens is 1.